The van der Waals surface area contributed by atoms with Crippen molar-refractivity contribution in [2.24, 2.45) is 5.73 Å². The van der Waals surface area contributed by atoms with Gasteiger partial charge in [0.25, 0.3) is 0 Å². The molecule has 0 aromatic heterocycles. The molecule has 1 aromatic carbocycles. The normalized spacial score (nSPS) is 9.22. The first-order valence-corrected chi connectivity index (χ1v) is 5.09. The van der Waals surface area contributed by atoms with E-state index in [-0.39, 0.29) is 49.7 Å². The second-order valence-corrected chi connectivity index (χ2v) is 3.38. The van der Waals surface area contributed by atoms with Crippen LogP contribution in [0.2, 0.25) is 0 Å². The van der Waals surface area contributed by atoms with Crippen LogP contribution in [0.4, 0.5) is 4.39 Å². The van der Waals surface area contributed by atoms with Crippen LogP contribution in [-0.2, 0) is 16.1 Å². The fourth-order valence-electron chi connectivity index (χ4n) is 1.12. The van der Waals surface area contributed by atoms with Crippen LogP contribution in [-0.4, -0.2) is 24.9 Å². The Morgan fingerprint density at radius 1 is 1.11 bits per heavy atom. The lowest BCUT2D eigenvalue weighted by Crippen LogP contribution is -2.39. The zero-order chi connectivity index (χ0) is 12.7. The summed E-state index contributed by atoms with van der Waals surface area (Å²) >= 11 is 0. The first-order valence-electron chi connectivity index (χ1n) is 5.09. The highest BCUT2D eigenvalue weighted by Crippen LogP contribution is 2.01. The van der Waals surface area contributed by atoms with E-state index in [4.69, 9.17) is 5.73 Å². The van der Waals surface area contributed by atoms with Crippen molar-refractivity contribution < 1.29 is 14.0 Å². The van der Waals surface area contributed by atoms with Gasteiger partial charge in [0.15, 0.2) is 0 Å². The minimum absolute atomic E-state index is 0. The number of hydrogen-bond acceptors (Lipinski definition) is 3. The Balaban J connectivity index is 0.00000289. The smallest absolute Gasteiger partial charge is 0.239 e. The van der Waals surface area contributed by atoms with Gasteiger partial charge >= 0.3 is 0 Å². The van der Waals surface area contributed by atoms with E-state index in [2.05, 4.69) is 10.6 Å². The third-order valence-electron chi connectivity index (χ3n) is 2.03. The number of halogens is 2. The highest BCUT2D eigenvalue weighted by atomic mass is 35.5. The lowest BCUT2D eigenvalue weighted by atomic mass is 10.2. The van der Waals surface area contributed by atoms with Crippen molar-refractivity contribution >= 4 is 24.2 Å². The number of benzene rings is 1. The van der Waals surface area contributed by atoms with Crippen molar-refractivity contribution in [2.75, 3.05) is 13.1 Å². The molecule has 4 N–H and O–H groups in total. The van der Waals surface area contributed by atoms with Gasteiger partial charge in [0.1, 0.15) is 5.82 Å². The van der Waals surface area contributed by atoms with E-state index in [1.165, 1.54) is 12.1 Å². The Labute approximate surface area is 110 Å². The minimum atomic E-state index is -0.387. The molecule has 7 heteroatoms. The quantitative estimate of drug-likeness (QED) is 0.704. The predicted octanol–water partition coefficient (Wildman–Crippen LogP) is -0.0614. The van der Waals surface area contributed by atoms with Gasteiger partial charge in [-0.2, -0.15) is 0 Å². The van der Waals surface area contributed by atoms with Gasteiger partial charge in [-0.25, -0.2) is 4.39 Å². The number of rotatable bonds is 5. The third kappa shape index (κ3) is 6.17. The summed E-state index contributed by atoms with van der Waals surface area (Å²) in [6.45, 7) is 0.0279. The zero-order valence-electron chi connectivity index (χ0n) is 9.61. The molecule has 0 unspecified atom stereocenters. The Morgan fingerprint density at radius 2 is 1.72 bits per heavy atom. The molecule has 0 aliphatic heterocycles. The van der Waals surface area contributed by atoms with Gasteiger partial charge in [-0.3, -0.25) is 9.59 Å². The van der Waals surface area contributed by atoms with Crippen LogP contribution in [0.1, 0.15) is 5.56 Å². The maximum atomic E-state index is 12.6. The first-order chi connectivity index (χ1) is 8.11. The summed E-state index contributed by atoms with van der Waals surface area (Å²) in [5.74, 6) is -1.03. The first kappa shape index (κ1) is 16.3. The van der Waals surface area contributed by atoms with Crippen molar-refractivity contribution in [2.45, 2.75) is 6.54 Å². The summed E-state index contributed by atoms with van der Waals surface area (Å²) in [6, 6.07) is 5.79. The molecule has 1 aromatic rings. The van der Waals surface area contributed by atoms with Gasteiger partial charge in [0, 0.05) is 6.54 Å². The lowest BCUT2D eigenvalue weighted by Gasteiger charge is -2.06. The molecule has 2 amide bonds. The molecule has 0 fully saturated rings. The number of carbonyl (C=O) groups excluding carboxylic acids is 2. The Morgan fingerprint density at radius 3 is 2.28 bits per heavy atom. The van der Waals surface area contributed by atoms with E-state index in [9.17, 15) is 14.0 Å². The van der Waals surface area contributed by atoms with Gasteiger partial charge in [-0.15, -0.1) is 12.4 Å². The molecule has 0 saturated heterocycles. The van der Waals surface area contributed by atoms with Crippen molar-refractivity contribution in [3.05, 3.63) is 35.6 Å². The summed E-state index contributed by atoms with van der Waals surface area (Å²) in [4.78, 5) is 22.0. The molecule has 0 spiro atoms. The Bertz CT molecular complexity index is 398. The van der Waals surface area contributed by atoms with E-state index in [1.807, 2.05) is 0 Å². The Kier molecular flexibility index (Phi) is 7.66. The SMILES string of the molecule is Cl.NCC(=O)NCC(=O)NCc1ccc(F)cc1. The second-order valence-electron chi connectivity index (χ2n) is 3.38. The molecular weight excluding hydrogens is 261 g/mol. The average molecular weight is 276 g/mol. The molecule has 0 aliphatic carbocycles. The summed E-state index contributed by atoms with van der Waals surface area (Å²) in [5.41, 5.74) is 5.84. The van der Waals surface area contributed by atoms with E-state index >= 15 is 0 Å². The fourth-order valence-corrected chi connectivity index (χ4v) is 1.12. The molecule has 0 radical (unpaired) electrons. The highest BCUT2D eigenvalue weighted by molar-refractivity contribution is 5.85. The van der Waals surface area contributed by atoms with Crippen LogP contribution in [0.3, 0.4) is 0 Å². The van der Waals surface area contributed by atoms with Crippen LogP contribution in [0.5, 0.6) is 0 Å². The summed E-state index contributed by atoms with van der Waals surface area (Å²) in [5, 5.41) is 4.92. The molecule has 18 heavy (non-hydrogen) atoms. The standard InChI is InChI=1S/C11H14FN3O2.ClH/c12-9-3-1-8(2-4-9)6-14-11(17)7-15-10(16)5-13;/h1-4H,5-7,13H2,(H,14,17)(H,15,16);1H. The van der Waals surface area contributed by atoms with Crippen LogP contribution >= 0.6 is 12.4 Å². The molecule has 0 bridgehead atoms. The largest absolute Gasteiger partial charge is 0.350 e. The molecule has 0 heterocycles. The molecular formula is C11H15ClFN3O2. The monoisotopic (exact) mass is 275 g/mol. The highest BCUT2D eigenvalue weighted by Gasteiger charge is 2.03. The van der Waals surface area contributed by atoms with E-state index < -0.39 is 0 Å². The molecule has 100 valence electrons. The Hall–Kier alpha value is -1.66. The molecule has 5 nitrogen and oxygen atoms in total. The molecule has 0 aliphatic rings. The predicted molar refractivity (Wildman–Crippen MR) is 67.6 cm³/mol. The average Bonchev–Trinajstić information content (AvgIpc) is 2.35. The topological polar surface area (TPSA) is 84.2 Å². The van der Waals surface area contributed by atoms with Crippen LogP contribution in [0.15, 0.2) is 24.3 Å². The zero-order valence-corrected chi connectivity index (χ0v) is 10.4. The number of nitrogens with one attached hydrogen (secondary N) is 2. The van der Waals surface area contributed by atoms with Crippen molar-refractivity contribution in [3.8, 4) is 0 Å². The number of nitrogens with two attached hydrogens (primary N) is 1. The molecule has 0 atom stereocenters. The maximum absolute atomic E-state index is 12.6. The van der Waals surface area contributed by atoms with Crippen LogP contribution < -0.4 is 16.4 Å². The van der Waals surface area contributed by atoms with Crippen LogP contribution in [0.25, 0.3) is 0 Å². The van der Waals surface area contributed by atoms with Crippen molar-refractivity contribution in [1.82, 2.24) is 10.6 Å². The number of hydrogen-bond donors (Lipinski definition) is 3. The van der Waals surface area contributed by atoms with Gasteiger partial charge in [0.05, 0.1) is 13.1 Å². The van der Waals surface area contributed by atoms with Gasteiger partial charge in [-0.05, 0) is 17.7 Å². The fraction of sp³-hybridized carbons (Fsp3) is 0.273. The van der Waals surface area contributed by atoms with Crippen molar-refractivity contribution in [3.63, 3.8) is 0 Å². The second kappa shape index (κ2) is 8.43. The van der Waals surface area contributed by atoms with Gasteiger partial charge in [-0.1, -0.05) is 12.1 Å². The summed E-state index contributed by atoms with van der Waals surface area (Å²) < 4.78 is 12.6. The lowest BCUT2D eigenvalue weighted by molar-refractivity contribution is -0.125. The molecule has 1 rings (SSSR count). The third-order valence-corrected chi connectivity index (χ3v) is 2.03. The van der Waals surface area contributed by atoms with E-state index in [0.717, 1.165) is 5.56 Å². The summed E-state index contributed by atoms with van der Waals surface area (Å²) in [6.07, 6.45) is 0. The van der Waals surface area contributed by atoms with E-state index in [0.29, 0.717) is 0 Å². The number of amides is 2. The maximum Gasteiger partial charge on any atom is 0.239 e. The number of carbonyl (C=O) groups is 2. The minimum Gasteiger partial charge on any atom is -0.350 e. The van der Waals surface area contributed by atoms with Gasteiger partial charge in [0.2, 0.25) is 11.8 Å². The summed E-state index contributed by atoms with van der Waals surface area (Å²) in [7, 11) is 0. The molecule has 0 saturated carbocycles. The van der Waals surface area contributed by atoms with Crippen LogP contribution in [0, 0.1) is 5.82 Å². The van der Waals surface area contributed by atoms with Crippen molar-refractivity contribution in [1.29, 1.82) is 0 Å². The van der Waals surface area contributed by atoms with Gasteiger partial charge < -0.3 is 16.4 Å². The van der Waals surface area contributed by atoms with E-state index in [1.54, 1.807) is 12.1 Å².